The second-order valence-electron chi connectivity index (χ2n) is 6.21. The quantitative estimate of drug-likeness (QED) is 0.857. The van der Waals surface area contributed by atoms with Gasteiger partial charge in [0.2, 0.25) is 0 Å². The first-order valence-electron chi connectivity index (χ1n) is 7.54. The van der Waals surface area contributed by atoms with Crippen LogP contribution in [0.2, 0.25) is 0 Å². The minimum Gasteiger partial charge on any atom is -0.396 e. The lowest BCUT2D eigenvalue weighted by Crippen LogP contribution is -2.44. The van der Waals surface area contributed by atoms with Gasteiger partial charge in [-0.3, -0.25) is 9.69 Å². The Balaban J connectivity index is 2.49. The molecule has 1 heterocycles. The van der Waals surface area contributed by atoms with Crippen LogP contribution in [0.3, 0.4) is 0 Å². The average molecular weight is 331 g/mol. The largest absolute Gasteiger partial charge is 0.396 e. The number of amides is 1. The highest BCUT2D eigenvalue weighted by Gasteiger charge is 2.49. The van der Waals surface area contributed by atoms with Gasteiger partial charge in [0.1, 0.15) is 5.54 Å². The Morgan fingerprint density at radius 3 is 2.52 bits per heavy atom. The molecule has 0 aliphatic carbocycles. The highest BCUT2D eigenvalue weighted by Crippen LogP contribution is 2.35. The van der Waals surface area contributed by atoms with Gasteiger partial charge in [-0.05, 0) is 69.6 Å². The molecule has 1 aliphatic rings. The van der Waals surface area contributed by atoms with E-state index in [-0.39, 0.29) is 12.5 Å². The molecule has 0 bridgehead atoms. The standard InChI is InChI=1S/C17H21N3O2S/c1-11-12(2)14(7-6-13(11)10-18)20-15(22)17(3,4)19(16(20)23)8-5-9-21/h6-7,21H,5,8-9H2,1-4H3. The molecular weight excluding hydrogens is 310 g/mol. The van der Waals surface area contributed by atoms with E-state index in [0.717, 1.165) is 16.8 Å². The Labute approximate surface area is 142 Å². The van der Waals surface area contributed by atoms with E-state index in [0.29, 0.717) is 23.6 Å². The Hall–Kier alpha value is -1.97. The lowest BCUT2D eigenvalue weighted by atomic mass is 10.0. The number of rotatable bonds is 4. The normalized spacial score (nSPS) is 16.9. The Bertz CT molecular complexity index is 707. The van der Waals surface area contributed by atoms with E-state index in [1.54, 1.807) is 17.0 Å². The summed E-state index contributed by atoms with van der Waals surface area (Å²) in [6, 6.07) is 5.65. The fourth-order valence-corrected chi connectivity index (χ4v) is 3.32. The lowest BCUT2D eigenvalue weighted by Gasteiger charge is -2.29. The summed E-state index contributed by atoms with van der Waals surface area (Å²) >= 11 is 5.53. The van der Waals surface area contributed by atoms with Crippen molar-refractivity contribution in [2.45, 2.75) is 39.7 Å². The van der Waals surface area contributed by atoms with E-state index in [1.165, 1.54) is 0 Å². The third-order valence-electron chi connectivity index (χ3n) is 4.48. The zero-order chi connectivity index (χ0) is 17.4. The smallest absolute Gasteiger partial charge is 0.258 e. The van der Waals surface area contributed by atoms with Gasteiger partial charge in [-0.15, -0.1) is 0 Å². The van der Waals surface area contributed by atoms with Gasteiger partial charge in [-0.1, -0.05) is 0 Å². The highest BCUT2D eigenvalue weighted by atomic mass is 32.1. The van der Waals surface area contributed by atoms with Gasteiger partial charge in [-0.2, -0.15) is 5.26 Å². The van der Waals surface area contributed by atoms with E-state index in [9.17, 15) is 4.79 Å². The third-order valence-corrected chi connectivity index (χ3v) is 4.89. The SMILES string of the molecule is Cc1c(C#N)ccc(N2C(=O)C(C)(C)N(CCCO)C2=S)c1C. The maximum Gasteiger partial charge on any atom is 0.258 e. The molecule has 5 nitrogen and oxygen atoms in total. The van der Waals surface area contributed by atoms with Crippen molar-refractivity contribution in [1.82, 2.24) is 4.90 Å². The molecule has 1 N–H and O–H groups in total. The number of aliphatic hydroxyl groups is 1. The van der Waals surface area contributed by atoms with Gasteiger partial charge >= 0.3 is 0 Å². The van der Waals surface area contributed by atoms with Crippen molar-refractivity contribution >= 4 is 28.9 Å². The van der Waals surface area contributed by atoms with Crippen molar-refractivity contribution in [3.05, 3.63) is 28.8 Å². The number of nitriles is 1. The topological polar surface area (TPSA) is 67.6 Å². The molecule has 0 spiro atoms. The van der Waals surface area contributed by atoms with E-state index >= 15 is 0 Å². The summed E-state index contributed by atoms with van der Waals surface area (Å²) in [5.74, 6) is -0.0901. The molecule has 1 aliphatic heterocycles. The van der Waals surface area contributed by atoms with Gasteiger partial charge in [0.25, 0.3) is 5.91 Å². The van der Waals surface area contributed by atoms with Gasteiger partial charge in [-0.25, -0.2) is 0 Å². The Kier molecular flexibility index (Phi) is 4.73. The Morgan fingerprint density at radius 2 is 1.96 bits per heavy atom. The summed E-state index contributed by atoms with van der Waals surface area (Å²) in [5, 5.41) is 18.7. The van der Waals surface area contributed by atoms with Gasteiger partial charge in [0.05, 0.1) is 17.3 Å². The molecule has 23 heavy (non-hydrogen) atoms. The van der Waals surface area contributed by atoms with E-state index in [1.807, 2.05) is 32.6 Å². The second kappa shape index (κ2) is 6.26. The number of aliphatic hydroxyl groups excluding tert-OH is 1. The molecule has 122 valence electrons. The van der Waals surface area contributed by atoms with Crippen LogP contribution in [0.5, 0.6) is 0 Å². The monoisotopic (exact) mass is 331 g/mol. The highest BCUT2D eigenvalue weighted by molar-refractivity contribution is 7.80. The van der Waals surface area contributed by atoms with Crippen molar-refractivity contribution in [3.63, 3.8) is 0 Å². The summed E-state index contributed by atoms with van der Waals surface area (Å²) in [6.07, 6.45) is 0.552. The maximum absolute atomic E-state index is 12.9. The number of anilines is 1. The minimum atomic E-state index is -0.750. The Morgan fingerprint density at radius 1 is 1.30 bits per heavy atom. The van der Waals surface area contributed by atoms with Gasteiger partial charge in [0, 0.05) is 13.2 Å². The number of hydrogen-bond acceptors (Lipinski definition) is 4. The molecular formula is C17H21N3O2S. The van der Waals surface area contributed by atoms with Crippen LogP contribution in [-0.2, 0) is 4.79 Å². The molecule has 1 amide bonds. The van der Waals surface area contributed by atoms with Crippen molar-refractivity contribution in [1.29, 1.82) is 5.26 Å². The number of carbonyl (C=O) groups excluding carboxylic acids is 1. The zero-order valence-electron chi connectivity index (χ0n) is 13.9. The number of hydrogen-bond donors (Lipinski definition) is 1. The number of nitrogens with zero attached hydrogens (tertiary/aromatic N) is 3. The molecule has 6 heteroatoms. The molecule has 0 unspecified atom stereocenters. The van der Waals surface area contributed by atoms with Crippen LogP contribution < -0.4 is 4.90 Å². The zero-order valence-corrected chi connectivity index (χ0v) is 14.7. The van der Waals surface area contributed by atoms with Crippen molar-refractivity contribution < 1.29 is 9.90 Å². The molecule has 1 aromatic carbocycles. The predicted octanol–water partition coefficient (Wildman–Crippen LogP) is 2.27. The molecule has 0 saturated carbocycles. The molecule has 1 saturated heterocycles. The van der Waals surface area contributed by atoms with E-state index in [4.69, 9.17) is 22.6 Å². The van der Waals surface area contributed by atoms with Crippen molar-refractivity contribution in [2.24, 2.45) is 0 Å². The number of thiocarbonyl (C=S) groups is 1. The third kappa shape index (κ3) is 2.71. The lowest BCUT2D eigenvalue weighted by molar-refractivity contribution is -0.123. The van der Waals surface area contributed by atoms with E-state index < -0.39 is 5.54 Å². The first kappa shape index (κ1) is 17.4. The molecule has 1 aromatic rings. The van der Waals surface area contributed by atoms with Crippen LogP contribution >= 0.6 is 12.2 Å². The van der Waals surface area contributed by atoms with Crippen molar-refractivity contribution in [3.8, 4) is 6.07 Å². The van der Waals surface area contributed by atoms with Crippen LogP contribution in [0.25, 0.3) is 0 Å². The summed E-state index contributed by atoms with van der Waals surface area (Å²) < 4.78 is 0. The summed E-state index contributed by atoms with van der Waals surface area (Å²) in [7, 11) is 0. The first-order chi connectivity index (χ1) is 10.8. The molecule has 2 rings (SSSR count). The van der Waals surface area contributed by atoms with Crippen LogP contribution in [0, 0.1) is 25.2 Å². The second-order valence-corrected chi connectivity index (χ2v) is 6.57. The molecule has 0 radical (unpaired) electrons. The number of benzene rings is 1. The summed E-state index contributed by atoms with van der Waals surface area (Å²) in [4.78, 5) is 16.3. The van der Waals surface area contributed by atoms with Gasteiger partial charge in [0.15, 0.2) is 5.11 Å². The number of carbonyl (C=O) groups is 1. The van der Waals surface area contributed by atoms with Crippen LogP contribution in [0.4, 0.5) is 5.69 Å². The minimum absolute atomic E-state index is 0.0540. The van der Waals surface area contributed by atoms with E-state index in [2.05, 4.69) is 6.07 Å². The van der Waals surface area contributed by atoms with Crippen LogP contribution in [-0.4, -0.2) is 39.7 Å². The van der Waals surface area contributed by atoms with Crippen LogP contribution in [0.15, 0.2) is 12.1 Å². The first-order valence-corrected chi connectivity index (χ1v) is 7.95. The molecule has 0 atom stereocenters. The molecule has 1 fully saturated rings. The van der Waals surface area contributed by atoms with Crippen LogP contribution in [0.1, 0.15) is 37.0 Å². The fraction of sp³-hybridized carbons (Fsp3) is 0.471. The van der Waals surface area contributed by atoms with Gasteiger partial charge < -0.3 is 10.0 Å². The van der Waals surface area contributed by atoms with Crippen molar-refractivity contribution in [2.75, 3.05) is 18.1 Å². The summed E-state index contributed by atoms with van der Waals surface area (Å²) in [6.45, 7) is 8.02. The molecule has 0 aromatic heterocycles. The maximum atomic E-state index is 12.9. The summed E-state index contributed by atoms with van der Waals surface area (Å²) in [5.41, 5.74) is 2.29. The predicted molar refractivity (Wildman–Crippen MR) is 93.2 cm³/mol. The average Bonchev–Trinajstić information content (AvgIpc) is 2.67. The fourth-order valence-electron chi connectivity index (χ4n) is 2.82.